The Bertz CT molecular complexity index is 1260. The van der Waals surface area contributed by atoms with Crippen molar-refractivity contribution in [1.82, 2.24) is 0 Å². The Morgan fingerprint density at radius 3 is 2.12 bits per heavy atom. The number of para-hydroxylation sites is 1. The first-order valence-corrected chi connectivity index (χ1v) is 11.6. The number of ether oxygens (including phenoxy) is 2. The van der Waals surface area contributed by atoms with E-state index in [0.717, 1.165) is 16.7 Å². The summed E-state index contributed by atoms with van der Waals surface area (Å²) in [6, 6.07) is 16.9. The Balaban J connectivity index is 1.67. The van der Waals surface area contributed by atoms with Gasteiger partial charge in [0.2, 0.25) is 5.91 Å². The van der Waals surface area contributed by atoms with Crippen LogP contribution in [0.4, 0.5) is 11.4 Å². The summed E-state index contributed by atoms with van der Waals surface area (Å²) in [6.07, 6.45) is 3.03. The van der Waals surface area contributed by atoms with Crippen LogP contribution in [0.1, 0.15) is 16.7 Å². The molecule has 0 aromatic heterocycles. The molecule has 172 valence electrons. The zero-order valence-corrected chi connectivity index (χ0v) is 19.7. The normalized spacial score (nSPS) is 11.3. The molecule has 0 aliphatic carbocycles. The lowest BCUT2D eigenvalue weighted by Crippen LogP contribution is -2.15. The number of aryl methyl sites for hydroxylation is 2. The van der Waals surface area contributed by atoms with Gasteiger partial charge in [-0.25, -0.2) is 8.42 Å². The number of anilines is 2. The number of carbonyl (C=O) groups excluding carboxylic acids is 1. The van der Waals surface area contributed by atoms with E-state index in [1.165, 1.54) is 18.2 Å². The van der Waals surface area contributed by atoms with Crippen molar-refractivity contribution in [2.45, 2.75) is 18.7 Å². The Hall–Kier alpha value is -3.78. The quantitative estimate of drug-likeness (QED) is 0.466. The predicted octanol–water partition coefficient (Wildman–Crippen LogP) is 4.77. The predicted molar refractivity (Wildman–Crippen MR) is 130 cm³/mol. The van der Waals surface area contributed by atoms with Gasteiger partial charge in [0.1, 0.15) is 0 Å². The van der Waals surface area contributed by atoms with Crippen molar-refractivity contribution >= 4 is 33.4 Å². The molecule has 0 aliphatic heterocycles. The minimum atomic E-state index is -3.76. The lowest BCUT2D eigenvalue weighted by atomic mass is 10.1. The smallest absolute Gasteiger partial charge is 0.261 e. The fourth-order valence-corrected chi connectivity index (χ4v) is 4.40. The molecule has 3 rings (SSSR count). The van der Waals surface area contributed by atoms with Crippen LogP contribution in [-0.2, 0) is 14.8 Å². The van der Waals surface area contributed by atoms with Crippen molar-refractivity contribution in [2.24, 2.45) is 0 Å². The molecule has 2 N–H and O–H groups in total. The molecule has 0 saturated carbocycles. The summed E-state index contributed by atoms with van der Waals surface area (Å²) in [5.74, 6) is 0.807. The molecule has 3 aromatic rings. The van der Waals surface area contributed by atoms with E-state index in [-0.39, 0.29) is 10.8 Å². The molecule has 3 aromatic carbocycles. The van der Waals surface area contributed by atoms with Gasteiger partial charge >= 0.3 is 0 Å². The molecule has 8 heteroatoms. The number of methoxy groups -OCH3 is 2. The molecule has 0 spiro atoms. The van der Waals surface area contributed by atoms with Crippen LogP contribution in [0.15, 0.2) is 71.6 Å². The summed E-state index contributed by atoms with van der Waals surface area (Å²) in [7, 11) is -0.667. The maximum Gasteiger partial charge on any atom is 0.261 e. The number of amides is 1. The number of hydrogen-bond acceptors (Lipinski definition) is 5. The molecular formula is C25H26N2O5S. The minimum absolute atomic E-state index is 0.101. The monoisotopic (exact) mass is 466 g/mol. The van der Waals surface area contributed by atoms with Gasteiger partial charge in [-0.3, -0.25) is 9.52 Å². The molecular weight excluding hydrogens is 440 g/mol. The van der Waals surface area contributed by atoms with E-state index in [1.54, 1.807) is 50.6 Å². The van der Waals surface area contributed by atoms with Gasteiger partial charge in [-0.1, -0.05) is 24.3 Å². The second-order valence-electron chi connectivity index (χ2n) is 7.33. The third kappa shape index (κ3) is 5.93. The van der Waals surface area contributed by atoms with Gasteiger partial charge < -0.3 is 14.8 Å². The highest BCUT2D eigenvalue weighted by atomic mass is 32.2. The van der Waals surface area contributed by atoms with Crippen LogP contribution in [-0.4, -0.2) is 28.5 Å². The van der Waals surface area contributed by atoms with E-state index in [1.807, 2.05) is 32.0 Å². The second-order valence-corrected chi connectivity index (χ2v) is 9.02. The van der Waals surface area contributed by atoms with E-state index in [0.29, 0.717) is 22.9 Å². The molecule has 0 bridgehead atoms. The van der Waals surface area contributed by atoms with Crippen LogP contribution in [0.3, 0.4) is 0 Å². The first-order chi connectivity index (χ1) is 15.7. The molecule has 1 amide bonds. The van der Waals surface area contributed by atoms with E-state index < -0.39 is 10.0 Å². The van der Waals surface area contributed by atoms with Crippen molar-refractivity contribution in [3.63, 3.8) is 0 Å². The summed E-state index contributed by atoms with van der Waals surface area (Å²) in [6.45, 7) is 3.69. The van der Waals surface area contributed by atoms with Gasteiger partial charge in [-0.05, 0) is 73.0 Å². The Labute approximate surface area is 194 Å². The maximum absolute atomic E-state index is 12.8. The standard InChI is InChI=1S/C25H26N2O5S/c1-17-6-5-7-18(2)25(17)27-33(29,30)21-12-10-20(11-13-21)26-24(28)15-9-19-8-14-22(31-3)23(16-19)32-4/h5-16,27H,1-4H3,(H,26,28). The van der Waals surface area contributed by atoms with Gasteiger partial charge in [0.05, 0.1) is 24.8 Å². The molecule has 0 unspecified atom stereocenters. The van der Waals surface area contributed by atoms with Crippen LogP contribution in [0.2, 0.25) is 0 Å². The molecule has 0 saturated heterocycles. The van der Waals surface area contributed by atoms with Gasteiger partial charge in [0, 0.05) is 11.8 Å². The summed E-state index contributed by atoms with van der Waals surface area (Å²) < 4.78 is 38.6. The Morgan fingerprint density at radius 2 is 1.52 bits per heavy atom. The Kier molecular flexibility index (Phi) is 7.40. The summed E-state index contributed by atoms with van der Waals surface area (Å²) in [4.78, 5) is 12.4. The SMILES string of the molecule is COc1ccc(C=CC(=O)Nc2ccc(S(=O)(=O)Nc3c(C)cccc3C)cc2)cc1OC. The lowest BCUT2D eigenvalue weighted by Gasteiger charge is -2.13. The molecule has 33 heavy (non-hydrogen) atoms. The van der Waals surface area contributed by atoms with Crippen LogP contribution in [0, 0.1) is 13.8 Å². The topological polar surface area (TPSA) is 93.7 Å². The lowest BCUT2D eigenvalue weighted by molar-refractivity contribution is -0.111. The molecule has 0 atom stereocenters. The number of rotatable bonds is 8. The van der Waals surface area contributed by atoms with Crippen molar-refractivity contribution < 1.29 is 22.7 Å². The number of benzene rings is 3. The average Bonchev–Trinajstić information content (AvgIpc) is 2.80. The third-order valence-corrected chi connectivity index (χ3v) is 6.35. The minimum Gasteiger partial charge on any atom is -0.493 e. The van der Waals surface area contributed by atoms with Crippen molar-refractivity contribution in [3.8, 4) is 11.5 Å². The van der Waals surface area contributed by atoms with Crippen molar-refractivity contribution in [2.75, 3.05) is 24.3 Å². The highest BCUT2D eigenvalue weighted by molar-refractivity contribution is 7.92. The molecule has 0 heterocycles. The highest BCUT2D eigenvalue weighted by Gasteiger charge is 2.16. The molecule has 7 nitrogen and oxygen atoms in total. The summed E-state index contributed by atoms with van der Waals surface area (Å²) in [5.41, 5.74) is 3.48. The largest absolute Gasteiger partial charge is 0.493 e. The van der Waals surface area contributed by atoms with Crippen LogP contribution < -0.4 is 19.5 Å². The highest BCUT2D eigenvalue weighted by Crippen LogP contribution is 2.28. The fourth-order valence-electron chi connectivity index (χ4n) is 3.20. The van der Waals surface area contributed by atoms with E-state index >= 15 is 0 Å². The van der Waals surface area contributed by atoms with Crippen LogP contribution in [0.5, 0.6) is 11.5 Å². The fraction of sp³-hybridized carbons (Fsp3) is 0.160. The zero-order valence-electron chi connectivity index (χ0n) is 18.9. The number of nitrogens with one attached hydrogen (secondary N) is 2. The number of carbonyl (C=O) groups is 1. The first-order valence-electron chi connectivity index (χ1n) is 10.1. The van der Waals surface area contributed by atoms with E-state index in [2.05, 4.69) is 10.0 Å². The summed E-state index contributed by atoms with van der Waals surface area (Å²) >= 11 is 0. The summed E-state index contributed by atoms with van der Waals surface area (Å²) in [5, 5.41) is 2.71. The zero-order chi connectivity index (χ0) is 24.0. The maximum atomic E-state index is 12.8. The van der Waals surface area contributed by atoms with E-state index in [9.17, 15) is 13.2 Å². The Morgan fingerprint density at radius 1 is 0.879 bits per heavy atom. The molecule has 0 radical (unpaired) electrons. The number of hydrogen-bond donors (Lipinski definition) is 2. The van der Waals surface area contributed by atoms with Gasteiger partial charge in [-0.15, -0.1) is 0 Å². The van der Waals surface area contributed by atoms with Gasteiger partial charge in [0.25, 0.3) is 10.0 Å². The average molecular weight is 467 g/mol. The second kappa shape index (κ2) is 10.2. The number of sulfonamides is 1. The molecule has 0 aliphatic rings. The first kappa shape index (κ1) is 23.9. The van der Waals surface area contributed by atoms with E-state index in [4.69, 9.17) is 9.47 Å². The third-order valence-electron chi connectivity index (χ3n) is 4.98. The van der Waals surface area contributed by atoms with Crippen molar-refractivity contribution in [3.05, 3.63) is 83.4 Å². The van der Waals surface area contributed by atoms with Crippen LogP contribution >= 0.6 is 0 Å². The van der Waals surface area contributed by atoms with Gasteiger partial charge in [0.15, 0.2) is 11.5 Å². The molecule has 0 fully saturated rings. The van der Waals surface area contributed by atoms with Gasteiger partial charge in [-0.2, -0.15) is 0 Å². The van der Waals surface area contributed by atoms with Crippen molar-refractivity contribution in [1.29, 1.82) is 0 Å². The van der Waals surface area contributed by atoms with Crippen LogP contribution in [0.25, 0.3) is 6.08 Å².